The first-order valence-electron chi connectivity index (χ1n) is 7.72. The van der Waals surface area contributed by atoms with Gasteiger partial charge >= 0.3 is 0 Å². The SMILES string of the molecule is Cc1ccc(-c2nc3cc(C(=O)N4CCOCC4)cc(N)n3n2)o1. The fraction of sp³-hybridized carbons (Fsp3) is 0.312. The highest BCUT2D eigenvalue weighted by Crippen LogP contribution is 2.21. The molecule has 4 rings (SSSR count). The van der Waals surface area contributed by atoms with Crippen LogP contribution in [0.1, 0.15) is 16.1 Å². The van der Waals surface area contributed by atoms with Crippen molar-refractivity contribution >= 4 is 17.4 Å². The lowest BCUT2D eigenvalue weighted by Crippen LogP contribution is -2.40. The van der Waals surface area contributed by atoms with Crippen molar-refractivity contribution in [2.45, 2.75) is 6.92 Å². The number of hydrogen-bond acceptors (Lipinski definition) is 6. The van der Waals surface area contributed by atoms with Gasteiger partial charge in [-0.25, -0.2) is 4.98 Å². The summed E-state index contributed by atoms with van der Waals surface area (Å²) >= 11 is 0. The first-order valence-corrected chi connectivity index (χ1v) is 7.72. The van der Waals surface area contributed by atoms with Crippen LogP contribution in [0.5, 0.6) is 0 Å². The van der Waals surface area contributed by atoms with Gasteiger partial charge in [0.1, 0.15) is 11.6 Å². The summed E-state index contributed by atoms with van der Waals surface area (Å²) in [6.07, 6.45) is 0. The van der Waals surface area contributed by atoms with E-state index in [1.54, 1.807) is 23.1 Å². The Hall–Kier alpha value is -2.87. The maximum atomic E-state index is 12.6. The summed E-state index contributed by atoms with van der Waals surface area (Å²) in [6.45, 7) is 4.11. The second-order valence-corrected chi connectivity index (χ2v) is 5.69. The van der Waals surface area contributed by atoms with Crippen LogP contribution >= 0.6 is 0 Å². The summed E-state index contributed by atoms with van der Waals surface area (Å²) < 4.78 is 12.3. The van der Waals surface area contributed by atoms with Crippen LogP contribution < -0.4 is 5.73 Å². The first-order chi connectivity index (χ1) is 11.6. The monoisotopic (exact) mass is 327 g/mol. The smallest absolute Gasteiger partial charge is 0.254 e. The number of ether oxygens (including phenoxy) is 1. The Bertz CT molecular complexity index is 908. The molecule has 124 valence electrons. The van der Waals surface area contributed by atoms with Crippen LogP contribution in [0.4, 0.5) is 5.82 Å². The zero-order valence-corrected chi connectivity index (χ0v) is 13.2. The van der Waals surface area contributed by atoms with E-state index < -0.39 is 0 Å². The summed E-state index contributed by atoms with van der Waals surface area (Å²) in [4.78, 5) is 18.8. The highest BCUT2D eigenvalue weighted by atomic mass is 16.5. The number of pyridine rings is 1. The van der Waals surface area contributed by atoms with E-state index in [0.717, 1.165) is 5.76 Å². The summed E-state index contributed by atoms with van der Waals surface area (Å²) in [5.74, 6) is 2.06. The number of nitrogens with zero attached hydrogens (tertiary/aromatic N) is 4. The molecule has 0 unspecified atom stereocenters. The third kappa shape index (κ3) is 2.50. The summed E-state index contributed by atoms with van der Waals surface area (Å²) in [6, 6.07) is 6.97. The summed E-state index contributed by atoms with van der Waals surface area (Å²) in [7, 11) is 0. The van der Waals surface area contributed by atoms with Crippen molar-refractivity contribution in [3.05, 3.63) is 35.6 Å². The second-order valence-electron chi connectivity index (χ2n) is 5.69. The number of fused-ring (bicyclic) bond motifs is 1. The molecule has 1 aliphatic heterocycles. The molecule has 1 saturated heterocycles. The van der Waals surface area contributed by atoms with Crippen molar-refractivity contribution in [2.24, 2.45) is 0 Å². The van der Waals surface area contributed by atoms with Gasteiger partial charge in [0.05, 0.1) is 13.2 Å². The topological polar surface area (TPSA) is 98.9 Å². The Balaban J connectivity index is 1.72. The molecular weight excluding hydrogens is 310 g/mol. The van der Waals surface area contributed by atoms with E-state index in [4.69, 9.17) is 14.9 Å². The molecule has 0 aliphatic carbocycles. The van der Waals surface area contributed by atoms with Crippen LogP contribution in [-0.4, -0.2) is 51.7 Å². The van der Waals surface area contributed by atoms with Crippen molar-refractivity contribution in [3.8, 4) is 11.6 Å². The number of hydrogen-bond donors (Lipinski definition) is 1. The Kier molecular flexibility index (Phi) is 3.46. The number of carbonyl (C=O) groups is 1. The molecule has 4 heterocycles. The molecule has 0 saturated carbocycles. The molecule has 2 N–H and O–H groups in total. The van der Waals surface area contributed by atoms with Crippen LogP contribution in [0.25, 0.3) is 17.2 Å². The molecule has 3 aromatic rings. The Labute approximate surface area is 137 Å². The van der Waals surface area contributed by atoms with E-state index in [9.17, 15) is 4.79 Å². The van der Waals surface area contributed by atoms with Gasteiger partial charge in [-0.3, -0.25) is 4.79 Å². The number of morpholine rings is 1. The minimum atomic E-state index is -0.0779. The van der Waals surface area contributed by atoms with Gasteiger partial charge in [-0.15, -0.1) is 5.10 Å². The molecule has 1 fully saturated rings. The minimum Gasteiger partial charge on any atom is -0.458 e. The van der Waals surface area contributed by atoms with Crippen molar-refractivity contribution in [3.63, 3.8) is 0 Å². The molecule has 1 aliphatic rings. The number of nitrogens with two attached hydrogens (primary N) is 1. The maximum Gasteiger partial charge on any atom is 0.254 e. The molecule has 0 bridgehead atoms. The second kappa shape index (κ2) is 5.64. The quantitative estimate of drug-likeness (QED) is 0.763. The number of furan rings is 1. The molecule has 1 amide bonds. The number of aromatic nitrogens is 3. The van der Waals surface area contributed by atoms with E-state index in [1.165, 1.54) is 4.52 Å². The summed E-state index contributed by atoms with van der Waals surface area (Å²) in [5, 5.41) is 4.35. The van der Waals surface area contributed by atoms with Crippen LogP contribution in [0.3, 0.4) is 0 Å². The third-order valence-electron chi connectivity index (χ3n) is 3.97. The van der Waals surface area contributed by atoms with Gasteiger partial charge in [-0.1, -0.05) is 0 Å². The number of anilines is 1. The Morgan fingerprint density at radius 2 is 2.04 bits per heavy atom. The zero-order chi connectivity index (χ0) is 16.7. The lowest BCUT2D eigenvalue weighted by atomic mass is 10.2. The lowest BCUT2D eigenvalue weighted by Gasteiger charge is -2.26. The first kappa shape index (κ1) is 14.7. The molecule has 3 aromatic heterocycles. The molecule has 0 radical (unpaired) electrons. The highest BCUT2D eigenvalue weighted by Gasteiger charge is 2.21. The Morgan fingerprint density at radius 3 is 2.75 bits per heavy atom. The third-order valence-corrected chi connectivity index (χ3v) is 3.97. The molecule has 0 spiro atoms. The fourth-order valence-corrected chi connectivity index (χ4v) is 2.74. The van der Waals surface area contributed by atoms with E-state index in [-0.39, 0.29) is 5.91 Å². The van der Waals surface area contributed by atoms with Gasteiger partial charge in [-0.05, 0) is 31.2 Å². The van der Waals surface area contributed by atoms with Crippen molar-refractivity contribution < 1.29 is 13.9 Å². The zero-order valence-electron chi connectivity index (χ0n) is 13.2. The normalized spacial score (nSPS) is 15.1. The fourth-order valence-electron chi connectivity index (χ4n) is 2.74. The Morgan fingerprint density at radius 1 is 1.25 bits per heavy atom. The van der Waals surface area contributed by atoms with Gasteiger partial charge in [0, 0.05) is 18.7 Å². The number of amides is 1. The van der Waals surface area contributed by atoms with Gasteiger partial charge < -0.3 is 19.8 Å². The van der Waals surface area contributed by atoms with Gasteiger partial charge in [-0.2, -0.15) is 4.52 Å². The molecule has 0 atom stereocenters. The summed E-state index contributed by atoms with van der Waals surface area (Å²) in [5.41, 5.74) is 7.06. The van der Waals surface area contributed by atoms with Gasteiger partial charge in [0.25, 0.3) is 5.91 Å². The van der Waals surface area contributed by atoms with Crippen LogP contribution in [0, 0.1) is 6.92 Å². The van der Waals surface area contributed by atoms with E-state index >= 15 is 0 Å². The molecule has 24 heavy (non-hydrogen) atoms. The molecule has 8 nitrogen and oxygen atoms in total. The number of aryl methyl sites for hydroxylation is 1. The van der Waals surface area contributed by atoms with Crippen LogP contribution in [-0.2, 0) is 4.74 Å². The van der Waals surface area contributed by atoms with Crippen molar-refractivity contribution in [1.29, 1.82) is 0 Å². The van der Waals surface area contributed by atoms with Crippen LogP contribution in [0.2, 0.25) is 0 Å². The largest absolute Gasteiger partial charge is 0.458 e. The highest BCUT2D eigenvalue weighted by molar-refractivity contribution is 5.96. The average Bonchev–Trinajstić information content (AvgIpc) is 3.21. The number of carbonyl (C=O) groups excluding carboxylic acids is 1. The molecule has 8 heteroatoms. The predicted molar refractivity (Wildman–Crippen MR) is 86.6 cm³/mol. The van der Waals surface area contributed by atoms with Gasteiger partial charge in [0.2, 0.25) is 5.82 Å². The number of nitrogen functional groups attached to an aromatic ring is 1. The van der Waals surface area contributed by atoms with E-state index in [2.05, 4.69) is 10.1 Å². The molecule has 0 aromatic carbocycles. The molecular formula is C16H17N5O3. The van der Waals surface area contributed by atoms with Crippen LogP contribution in [0.15, 0.2) is 28.7 Å². The van der Waals surface area contributed by atoms with E-state index in [1.807, 2.05) is 13.0 Å². The average molecular weight is 327 g/mol. The van der Waals surface area contributed by atoms with Crippen molar-refractivity contribution in [2.75, 3.05) is 32.0 Å². The van der Waals surface area contributed by atoms with Crippen molar-refractivity contribution in [1.82, 2.24) is 19.5 Å². The predicted octanol–water partition coefficient (Wildman–Crippen LogP) is 1.35. The van der Waals surface area contributed by atoms with E-state index in [0.29, 0.717) is 54.9 Å². The number of rotatable bonds is 2. The maximum absolute atomic E-state index is 12.6. The standard InChI is InChI=1S/C16H17N5O3/c1-10-2-3-12(24-10)15-18-14-9-11(8-13(17)21(14)19-15)16(22)20-4-6-23-7-5-20/h2-3,8-9H,4-7,17H2,1H3. The van der Waals surface area contributed by atoms with Gasteiger partial charge in [0.15, 0.2) is 11.4 Å². The lowest BCUT2D eigenvalue weighted by molar-refractivity contribution is 0.0303. The minimum absolute atomic E-state index is 0.0779.